The van der Waals surface area contributed by atoms with Crippen LogP contribution in [0.15, 0.2) is 18.2 Å². The highest BCUT2D eigenvalue weighted by Crippen LogP contribution is 2.36. The van der Waals surface area contributed by atoms with E-state index in [0.717, 1.165) is 56.5 Å². The molecule has 1 N–H and O–H groups in total. The Balaban J connectivity index is 1.64. The highest BCUT2D eigenvalue weighted by atomic mass is 16.5. The summed E-state index contributed by atoms with van der Waals surface area (Å²) in [6.07, 6.45) is 1.90. The van der Waals surface area contributed by atoms with E-state index in [0.29, 0.717) is 6.54 Å². The Kier molecular flexibility index (Phi) is 6.98. The van der Waals surface area contributed by atoms with Gasteiger partial charge in [-0.25, -0.2) is 0 Å². The van der Waals surface area contributed by atoms with Gasteiger partial charge in [-0.2, -0.15) is 0 Å². The highest BCUT2D eigenvalue weighted by molar-refractivity contribution is 5.46. The molecule has 3 rings (SSSR count). The molecule has 0 aliphatic carbocycles. The summed E-state index contributed by atoms with van der Waals surface area (Å²) in [5, 5.41) is 10.4. The second kappa shape index (κ2) is 9.24. The largest absolute Gasteiger partial charge is 0.493 e. The van der Waals surface area contributed by atoms with Crippen molar-refractivity contribution in [2.75, 3.05) is 53.1 Å². The molecule has 1 aromatic carbocycles. The minimum absolute atomic E-state index is 0.205. The van der Waals surface area contributed by atoms with E-state index < -0.39 is 6.10 Å². The number of likely N-dealkylation sites (tertiary alicyclic amines) is 1. The monoisotopic (exact) mass is 378 g/mol. The number of ether oxygens (including phenoxy) is 3. The van der Waals surface area contributed by atoms with Crippen LogP contribution in [0.25, 0.3) is 0 Å². The van der Waals surface area contributed by atoms with E-state index in [9.17, 15) is 5.11 Å². The van der Waals surface area contributed by atoms with Crippen molar-refractivity contribution in [2.45, 2.75) is 44.9 Å². The Morgan fingerprint density at radius 3 is 2.67 bits per heavy atom. The van der Waals surface area contributed by atoms with Gasteiger partial charge in [0.1, 0.15) is 12.7 Å². The number of nitrogens with zero attached hydrogens (tertiary/aromatic N) is 2. The van der Waals surface area contributed by atoms with Crippen LogP contribution in [-0.4, -0.2) is 79.7 Å². The van der Waals surface area contributed by atoms with Crippen molar-refractivity contribution in [3.8, 4) is 11.5 Å². The molecule has 152 valence electrons. The lowest BCUT2D eigenvalue weighted by Gasteiger charge is -2.32. The number of para-hydroxylation sites is 1. The van der Waals surface area contributed by atoms with Crippen molar-refractivity contribution in [1.82, 2.24) is 9.80 Å². The second-order valence-electron chi connectivity index (χ2n) is 8.16. The average Bonchev–Trinajstić information content (AvgIpc) is 2.99. The standard InChI is InChI=1S/C21H34N2O4/c1-21(2)8-5-9-23(21)14-17-6-4-7-19(25-3)20(17)27-16-18(24)15-22-10-12-26-13-11-22/h4,6-7,18,24H,5,8-16H2,1-3H3/t18-/m1/s1. The molecular weight excluding hydrogens is 344 g/mol. The number of hydrogen-bond acceptors (Lipinski definition) is 6. The quantitative estimate of drug-likeness (QED) is 0.748. The van der Waals surface area contributed by atoms with Crippen LogP contribution in [0.2, 0.25) is 0 Å². The number of benzene rings is 1. The van der Waals surface area contributed by atoms with Crippen molar-refractivity contribution >= 4 is 0 Å². The van der Waals surface area contributed by atoms with Gasteiger partial charge in [-0.3, -0.25) is 9.80 Å². The van der Waals surface area contributed by atoms with Crippen LogP contribution < -0.4 is 9.47 Å². The molecule has 2 aliphatic heterocycles. The number of hydrogen-bond donors (Lipinski definition) is 1. The molecule has 6 nitrogen and oxygen atoms in total. The number of rotatable bonds is 8. The van der Waals surface area contributed by atoms with Crippen LogP contribution >= 0.6 is 0 Å². The summed E-state index contributed by atoms with van der Waals surface area (Å²) in [6, 6.07) is 6.02. The van der Waals surface area contributed by atoms with E-state index in [4.69, 9.17) is 14.2 Å². The third kappa shape index (κ3) is 5.35. The summed E-state index contributed by atoms with van der Waals surface area (Å²) in [5.41, 5.74) is 1.32. The van der Waals surface area contributed by atoms with Crippen LogP contribution in [-0.2, 0) is 11.3 Å². The van der Waals surface area contributed by atoms with Crippen molar-refractivity contribution in [2.24, 2.45) is 0 Å². The SMILES string of the molecule is COc1cccc(CN2CCCC2(C)C)c1OC[C@H](O)CN1CCOCC1. The van der Waals surface area contributed by atoms with Crippen molar-refractivity contribution < 1.29 is 19.3 Å². The van der Waals surface area contributed by atoms with Crippen LogP contribution in [0.3, 0.4) is 0 Å². The molecule has 2 heterocycles. The summed E-state index contributed by atoms with van der Waals surface area (Å²) in [7, 11) is 1.66. The van der Waals surface area contributed by atoms with Crippen LogP contribution in [0.1, 0.15) is 32.3 Å². The second-order valence-corrected chi connectivity index (χ2v) is 8.16. The minimum atomic E-state index is -0.538. The molecule has 1 aromatic rings. The fraction of sp³-hybridized carbons (Fsp3) is 0.714. The summed E-state index contributed by atoms with van der Waals surface area (Å²) in [6.45, 7) is 10.6. The number of methoxy groups -OCH3 is 1. The predicted molar refractivity (Wildman–Crippen MR) is 105 cm³/mol. The summed E-state index contributed by atoms with van der Waals surface area (Å²) >= 11 is 0. The first kappa shape index (κ1) is 20.4. The molecular formula is C21H34N2O4. The van der Waals surface area contributed by atoms with Gasteiger partial charge in [-0.1, -0.05) is 12.1 Å². The van der Waals surface area contributed by atoms with Crippen molar-refractivity contribution in [3.63, 3.8) is 0 Å². The molecule has 2 fully saturated rings. The van der Waals surface area contributed by atoms with E-state index in [1.807, 2.05) is 12.1 Å². The lowest BCUT2D eigenvalue weighted by atomic mass is 10.0. The molecule has 6 heteroatoms. The number of morpholine rings is 1. The Hall–Kier alpha value is -1.34. The first-order valence-corrected chi connectivity index (χ1v) is 10.0. The molecule has 0 saturated carbocycles. The van der Waals surface area contributed by atoms with E-state index in [1.165, 1.54) is 12.8 Å². The molecule has 2 aliphatic rings. The zero-order chi connectivity index (χ0) is 19.3. The number of β-amino-alcohol motifs (C(OH)–C–C–N with tert-alkyl or cyclic N) is 1. The number of aliphatic hydroxyl groups is 1. The molecule has 1 atom stereocenters. The third-order valence-electron chi connectivity index (χ3n) is 5.71. The zero-order valence-corrected chi connectivity index (χ0v) is 16.9. The highest BCUT2D eigenvalue weighted by Gasteiger charge is 2.32. The van der Waals surface area contributed by atoms with E-state index in [1.54, 1.807) is 7.11 Å². The smallest absolute Gasteiger partial charge is 0.165 e. The minimum Gasteiger partial charge on any atom is -0.493 e. The molecule has 0 radical (unpaired) electrons. The Morgan fingerprint density at radius 1 is 1.22 bits per heavy atom. The van der Waals surface area contributed by atoms with Gasteiger partial charge in [0, 0.05) is 37.3 Å². The first-order chi connectivity index (χ1) is 13.0. The maximum absolute atomic E-state index is 10.4. The maximum Gasteiger partial charge on any atom is 0.165 e. The molecule has 0 aromatic heterocycles. The van der Waals surface area contributed by atoms with Gasteiger partial charge in [-0.15, -0.1) is 0 Å². The van der Waals surface area contributed by atoms with E-state index in [2.05, 4.69) is 29.7 Å². The molecule has 0 spiro atoms. The zero-order valence-electron chi connectivity index (χ0n) is 16.9. The van der Waals surface area contributed by atoms with Crippen LogP contribution in [0.4, 0.5) is 0 Å². The van der Waals surface area contributed by atoms with Gasteiger partial charge in [0.25, 0.3) is 0 Å². The first-order valence-electron chi connectivity index (χ1n) is 10.0. The summed E-state index contributed by atoms with van der Waals surface area (Å²) in [5.74, 6) is 1.48. The van der Waals surface area contributed by atoms with Crippen molar-refractivity contribution in [3.05, 3.63) is 23.8 Å². The average molecular weight is 379 g/mol. The Labute approximate surface area is 163 Å². The van der Waals surface area contributed by atoms with Gasteiger partial charge in [-0.05, 0) is 39.3 Å². The third-order valence-corrected chi connectivity index (χ3v) is 5.71. The van der Waals surface area contributed by atoms with Crippen LogP contribution in [0, 0.1) is 0 Å². The molecule has 2 saturated heterocycles. The van der Waals surface area contributed by atoms with Gasteiger partial charge in [0.05, 0.1) is 20.3 Å². The van der Waals surface area contributed by atoms with Gasteiger partial charge in [0.15, 0.2) is 11.5 Å². The molecule has 27 heavy (non-hydrogen) atoms. The van der Waals surface area contributed by atoms with Gasteiger partial charge < -0.3 is 19.3 Å². The fourth-order valence-electron chi connectivity index (χ4n) is 3.99. The number of aliphatic hydroxyl groups excluding tert-OH is 1. The molecule has 0 unspecified atom stereocenters. The van der Waals surface area contributed by atoms with Gasteiger partial charge in [0.2, 0.25) is 0 Å². The summed E-state index contributed by atoms with van der Waals surface area (Å²) < 4.78 is 17.0. The van der Waals surface area contributed by atoms with Gasteiger partial charge >= 0.3 is 0 Å². The lowest BCUT2D eigenvalue weighted by Crippen LogP contribution is -2.42. The van der Waals surface area contributed by atoms with E-state index >= 15 is 0 Å². The maximum atomic E-state index is 10.4. The van der Waals surface area contributed by atoms with E-state index in [-0.39, 0.29) is 12.1 Å². The van der Waals surface area contributed by atoms with Crippen molar-refractivity contribution in [1.29, 1.82) is 0 Å². The topological polar surface area (TPSA) is 54.4 Å². The Morgan fingerprint density at radius 2 is 2.00 bits per heavy atom. The normalized spacial score (nSPS) is 21.9. The summed E-state index contributed by atoms with van der Waals surface area (Å²) in [4.78, 5) is 4.71. The molecule has 0 bridgehead atoms. The fourth-order valence-corrected chi connectivity index (χ4v) is 3.99. The lowest BCUT2D eigenvalue weighted by molar-refractivity contribution is 0.00426. The molecule has 0 amide bonds. The Bertz CT molecular complexity index is 602. The predicted octanol–water partition coefficient (Wildman–Crippen LogP) is 2.14. The van der Waals surface area contributed by atoms with Crippen LogP contribution in [0.5, 0.6) is 11.5 Å².